The van der Waals surface area contributed by atoms with Gasteiger partial charge in [0, 0.05) is 36.7 Å². The zero-order valence-corrected chi connectivity index (χ0v) is 13.3. The van der Waals surface area contributed by atoms with Crippen molar-refractivity contribution in [1.29, 1.82) is 0 Å². The van der Waals surface area contributed by atoms with Crippen molar-refractivity contribution < 1.29 is 9.53 Å². The van der Waals surface area contributed by atoms with E-state index in [9.17, 15) is 4.79 Å². The molecule has 1 amide bonds. The Morgan fingerprint density at radius 2 is 2.23 bits per heavy atom. The average molecular weight is 317 g/mol. The number of aromatic nitrogens is 1. The Hall–Kier alpha value is -1.92. The van der Waals surface area contributed by atoms with E-state index >= 15 is 0 Å². The molecule has 0 spiro atoms. The van der Waals surface area contributed by atoms with Gasteiger partial charge in [0.1, 0.15) is 0 Å². The second-order valence-electron chi connectivity index (χ2n) is 5.31. The molecule has 22 heavy (non-hydrogen) atoms. The molecule has 1 saturated heterocycles. The first-order valence-electron chi connectivity index (χ1n) is 7.40. The van der Waals surface area contributed by atoms with E-state index in [1.54, 1.807) is 11.3 Å². The second kappa shape index (κ2) is 6.89. The van der Waals surface area contributed by atoms with Crippen LogP contribution in [-0.2, 0) is 9.53 Å². The molecule has 2 heterocycles. The van der Waals surface area contributed by atoms with Crippen molar-refractivity contribution in [2.24, 2.45) is 0 Å². The Morgan fingerprint density at radius 1 is 1.41 bits per heavy atom. The molecule has 0 aliphatic carbocycles. The molecule has 1 atom stereocenters. The minimum atomic E-state index is -0.0676. The number of benzene rings is 1. The van der Waals surface area contributed by atoms with Gasteiger partial charge >= 0.3 is 0 Å². The molecule has 1 unspecified atom stereocenters. The van der Waals surface area contributed by atoms with Crippen LogP contribution in [0, 0.1) is 0 Å². The summed E-state index contributed by atoms with van der Waals surface area (Å²) >= 11 is 1.60. The van der Waals surface area contributed by atoms with Crippen LogP contribution in [0.25, 0.3) is 11.3 Å². The van der Waals surface area contributed by atoms with Gasteiger partial charge < -0.3 is 15.4 Å². The van der Waals surface area contributed by atoms with E-state index in [2.05, 4.69) is 15.6 Å². The van der Waals surface area contributed by atoms with Crippen LogP contribution in [0.15, 0.2) is 29.6 Å². The summed E-state index contributed by atoms with van der Waals surface area (Å²) in [5, 5.41) is 9.04. The van der Waals surface area contributed by atoms with Gasteiger partial charge in [0.25, 0.3) is 0 Å². The van der Waals surface area contributed by atoms with Crippen molar-refractivity contribution in [1.82, 2.24) is 4.98 Å². The van der Waals surface area contributed by atoms with Gasteiger partial charge in [-0.2, -0.15) is 0 Å². The number of nitrogens with zero attached hydrogens (tertiary/aromatic N) is 1. The predicted octanol–water partition coefficient (Wildman–Crippen LogP) is 3.36. The van der Waals surface area contributed by atoms with Crippen LogP contribution in [0.2, 0.25) is 0 Å². The third kappa shape index (κ3) is 3.84. The number of amides is 1. The lowest BCUT2D eigenvalue weighted by molar-refractivity contribution is -0.114. The van der Waals surface area contributed by atoms with Gasteiger partial charge in [-0.25, -0.2) is 4.98 Å². The van der Waals surface area contributed by atoms with E-state index in [-0.39, 0.29) is 5.91 Å². The van der Waals surface area contributed by atoms with Crippen molar-refractivity contribution in [2.75, 3.05) is 23.8 Å². The first-order chi connectivity index (χ1) is 10.7. The van der Waals surface area contributed by atoms with Crippen LogP contribution >= 0.6 is 11.3 Å². The first kappa shape index (κ1) is 15.0. The summed E-state index contributed by atoms with van der Waals surface area (Å²) in [7, 11) is 0. The van der Waals surface area contributed by atoms with Crippen molar-refractivity contribution in [3.63, 3.8) is 0 Å². The van der Waals surface area contributed by atoms with E-state index in [1.165, 1.54) is 6.92 Å². The normalized spacial score (nSPS) is 17.4. The van der Waals surface area contributed by atoms with Crippen molar-refractivity contribution in [3.05, 3.63) is 29.6 Å². The van der Waals surface area contributed by atoms with Crippen molar-refractivity contribution >= 4 is 28.1 Å². The highest BCUT2D eigenvalue weighted by atomic mass is 32.1. The Morgan fingerprint density at radius 3 is 2.91 bits per heavy atom. The predicted molar refractivity (Wildman–Crippen MR) is 89.3 cm³/mol. The number of thiazole rings is 1. The van der Waals surface area contributed by atoms with Gasteiger partial charge in [-0.1, -0.05) is 12.1 Å². The largest absolute Gasteiger partial charge is 0.376 e. The SMILES string of the molecule is CC(=O)Nc1ccc(-c2csc(NCC3CCCO3)n2)cc1. The molecule has 116 valence electrons. The molecule has 0 saturated carbocycles. The third-order valence-electron chi connectivity index (χ3n) is 3.51. The van der Waals surface area contributed by atoms with Gasteiger partial charge in [-0.3, -0.25) is 4.79 Å². The second-order valence-corrected chi connectivity index (χ2v) is 6.17. The van der Waals surface area contributed by atoms with Gasteiger partial charge in [0.2, 0.25) is 5.91 Å². The quantitative estimate of drug-likeness (QED) is 0.887. The van der Waals surface area contributed by atoms with E-state index in [1.807, 2.05) is 29.6 Å². The van der Waals surface area contributed by atoms with Crippen molar-refractivity contribution in [3.8, 4) is 11.3 Å². The Balaban J connectivity index is 1.61. The Bertz CT molecular complexity index is 633. The Labute approximate surface area is 133 Å². The van der Waals surface area contributed by atoms with Crippen LogP contribution in [0.3, 0.4) is 0 Å². The average Bonchev–Trinajstić information content (AvgIpc) is 3.17. The van der Waals surface area contributed by atoms with Crippen LogP contribution < -0.4 is 10.6 Å². The minimum absolute atomic E-state index is 0.0676. The number of ether oxygens (including phenoxy) is 1. The summed E-state index contributed by atoms with van der Waals surface area (Å²) in [6, 6.07) is 7.69. The first-order valence-corrected chi connectivity index (χ1v) is 8.28. The summed E-state index contributed by atoms with van der Waals surface area (Å²) in [5.41, 5.74) is 2.77. The fraction of sp³-hybridized carbons (Fsp3) is 0.375. The van der Waals surface area contributed by atoms with Crippen LogP contribution in [0.4, 0.5) is 10.8 Å². The molecule has 2 N–H and O–H groups in total. The van der Waals surface area contributed by atoms with E-state index in [4.69, 9.17) is 4.74 Å². The van der Waals surface area contributed by atoms with Gasteiger partial charge in [-0.05, 0) is 25.0 Å². The molecule has 0 radical (unpaired) electrons. The fourth-order valence-corrected chi connectivity index (χ4v) is 3.15. The van der Waals surface area contributed by atoms with E-state index < -0.39 is 0 Å². The number of carbonyl (C=O) groups excluding carboxylic acids is 1. The number of hydrogen-bond donors (Lipinski definition) is 2. The number of hydrogen-bond acceptors (Lipinski definition) is 5. The molecule has 1 aromatic heterocycles. The third-order valence-corrected chi connectivity index (χ3v) is 4.31. The molecule has 1 aliphatic rings. The number of anilines is 2. The smallest absolute Gasteiger partial charge is 0.221 e. The lowest BCUT2D eigenvalue weighted by Crippen LogP contribution is -2.18. The molecule has 0 bridgehead atoms. The minimum Gasteiger partial charge on any atom is -0.376 e. The summed E-state index contributed by atoms with van der Waals surface area (Å²) in [6.45, 7) is 3.19. The van der Waals surface area contributed by atoms with Crippen LogP contribution in [0.5, 0.6) is 0 Å². The van der Waals surface area contributed by atoms with Crippen molar-refractivity contribution in [2.45, 2.75) is 25.9 Å². The molecule has 1 fully saturated rings. The molecule has 6 heteroatoms. The topological polar surface area (TPSA) is 63.2 Å². The standard InChI is InChI=1S/C16H19N3O2S/c1-11(20)18-13-6-4-12(5-7-13)15-10-22-16(19-15)17-9-14-3-2-8-21-14/h4-7,10,14H,2-3,8-9H2,1H3,(H,17,19)(H,18,20). The highest BCUT2D eigenvalue weighted by Gasteiger charge is 2.15. The maximum Gasteiger partial charge on any atom is 0.221 e. The molecule has 1 aliphatic heterocycles. The molecular formula is C16H19N3O2S. The molecule has 2 aromatic rings. The fourth-order valence-electron chi connectivity index (χ4n) is 2.42. The number of carbonyl (C=O) groups is 1. The van der Waals surface area contributed by atoms with Gasteiger partial charge in [0.15, 0.2) is 5.13 Å². The van der Waals surface area contributed by atoms with Gasteiger partial charge in [0.05, 0.1) is 11.8 Å². The van der Waals surface area contributed by atoms with Crippen LogP contribution in [-0.4, -0.2) is 30.1 Å². The summed E-state index contributed by atoms with van der Waals surface area (Å²) in [6.07, 6.45) is 2.58. The lowest BCUT2D eigenvalue weighted by atomic mass is 10.1. The number of nitrogens with one attached hydrogen (secondary N) is 2. The molecule has 3 rings (SSSR count). The van der Waals surface area contributed by atoms with E-state index in [0.29, 0.717) is 6.10 Å². The highest BCUT2D eigenvalue weighted by Crippen LogP contribution is 2.26. The van der Waals surface area contributed by atoms with Crippen LogP contribution in [0.1, 0.15) is 19.8 Å². The molecule has 5 nitrogen and oxygen atoms in total. The summed E-state index contributed by atoms with van der Waals surface area (Å²) < 4.78 is 5.59. The van der Waals surface area contributed by atoms with Gasteiger partial charge in [-0.15, -0.1) is 11.3 Å². The summed E-state index contributed by atoms with van der Waals surface area (Å²) in [4.78, 5) is 15.6. The number of rotatable bonds is 5. The Kier molecular flexibility index (Phi) is 4.70. The summed E-state index contributed by atoms with van der Waals surface area (Å²) in [5.74, 6) is -0.0676. The maximum atomic E-state index is 11.0. The molecular weight excluding hydrogens is 298 g/mol. The van der Waals surface area contributed by atoms with E-state index in [0.717, 1.165) is 48.1 Å². The zero-order chi connectivity index (χ0) is 15.4. The zero-order valence-electron chi connectivity index (χ0n) is 12.5. The lowest BCUT2D eigenvalue weighted by Gasteiger charge is -2.09. The molecule has 1 aromatic carbocycles. The maximum absolute atomic E-state index is 11.0. The monoisotopic (exact) mass is 317 g/mol. The highest BCUT2D eigenvalue weighted by molar-refractivity contribution is 7.14.